The highest BCUT2D eigenvalue weighted by Crippen LogP contribution is 2.23. The summed E-state index contributed by atoms with van der Waals surface area (Å²) >= 11 is 11.9. The molecular weight excluding hydrogens is 338 g/mol. The summed E-state index contributed by atoms with van der Waals surface area (Å²) < 4.78 is 13.0. The molecular formula is C17H17Cl2FN2O. The SMILES string of the molecule is C[C@H](N[C@H](C)c1cccc(Cl)c1)C(=O)Nc1ccc(F)cc1Cl. The molecule has 0 aromatic heterocycles. The number of halogens is 3. The summed E-state index contributed by atoms with van der Waals surface area (Å²) in [6.45, 7) is 3.69. The molecule has 1 amide bonds. The molecule has 2 N–H and O–H groups in total. The maximum Gasteiger partial charge on any atom is 0.241 e. The molecule has 6 heteroatoms. The molecule has 23 heavy (non-hydrogen) atoms. The second-order valence-corrected chi connectivity index (χ2v) is 6.12. The van der Waals surface area contributed by atoms with Gasteiger partial charge >= 0.3 is 0 Å². The van der Waals surface area contributed by atoms with Crippen LogP contribution in [0.15, 0.2) is 42.5 Å². The van der Waals surface area contributed by atoms with Crippen LogP contribution in [-0.2, 0) is 4.79 Å². The molecule has 2 rings (SSSR count). The average Bonchev–Trinajstić information content (AvgIpc) is 2.49. The number of amides is 1. The van der Waals surface area contributed by atoms with E-state index in [0.717, 1.165) is 11.6 Å². The summed E-state index contributed by atoms with van der Waals surface area (Å²) in [6, 6.07) is 10.7. The third kappa shape index (κ3) is 4.93. The number of hydrogen-bond donors (Lipinski definition) is 2. The smallest absolute Gasteiger partial charge is 0.241 e. The van der Waals surface area contributed by atoms with Crippen LogP contribution in [0.5, 0.6) is 0 Å². The van der Waals surface area contributed by atoms with Crippen molar-refractivity contribution >= 4 is 34.8 Å². The number of anilines is 1. The Bertz CT molecular complexity index is 709. The van der Waals surface area contributed by atoms with Gasteiger partial charge in [0, 0.05) is 11.1 Å². The van der Waals surface area contributed by atoms with Crippen molar-refractivity contribution in [1.29, 1.82) is 0 Å². The van der Waals surface area contributed by atoms with Gasteiger partial charge in [-0.15, -0.1) is 0 Å². The third-order valence-electron chi connectivity index (χ3n) is 3.43. The van der Waals surface area contributed by atoms with Crippen molar-refractivity contribution < 1.29 is 9.18 Å². The van der Waals surface area contributed by atoms with Gasteiger partial charge in [-0.1, -0.05) is 35.3 Å². The first-order chi connectivity index (χ1) is 10.9. The van der Waals surface area contributed by atoms with Crippen LogP contribution >= 0.6 is 23.2 Å². The first-order valence-corrected chi connectivity index (χ1v) is 7.90. The molecule has 0 aliphatic heterocycles. The number of rotatable bonds is 5. The lowest BCUT2D eigenvalue weighted by Crippen LogP contribution is -2.39. The zero-order valence-electron chi connectivity index (χ0n) is 12.7. The van der Waals surface area contributed by atoms with Crippen molar-refractivity contribution in [3.05, 3.63) is 63.9 Å². The lowest BCUT2D eigenvalue weighted by atomic mass is 10.1. The van der Waals surface area contributed by atoms with E-state index >= 15 is 0 Å². The highest BCUT2D eigenvalue weighted by molar-refractivity contribution is 6.33. The van der Waals surface area contributed by atoms with Crippen LogP contribution in [-0.4, -0.2) is 11.9 Å². The van der Waals surface area contributed by atoms with Crippen molar-refractivity contribution in [2.24, 2.45) is 0 Å². The highest BCUT2D eigenvalue weighted by Gasteiger charge is 2.17. The lowest BCUT2D eigenvalue weighted by molar-refractivity contribution is -0.117. The average molecular weight is 355 g/mol. The number of hydrogen-bond acceptors (Lipinski definition) is 2. The molecule has 0 spiro atoms. The molecule has 0 aliphatic rings. The fraction of sp³-hybridized carbons (Fsp3) is 0.235. The molecule has 0 radical (unpaired) electrons. The molecule has 2 atom stereocenters. The van der Waals surface area contributed by atoms with Gasteiger partial charge in [0.15, 0.2) is 0 Å². The Morgan fingerprint density at radius 1 is 1.13 bits per heavy atom. The molecule has 3 nitrogen and oxygen atoms in total. The Hall–Kier alpha value is -1.62. The lowest BCUT2D eigenvalue weighted by Gasteiger charge is -2.20. The van der Waals surface area contributed by atoms with E-state index in [1.54, 1.807) is 13.0 Å². The van der Waals surface area contributed by atoms with E-state index in [9.17, 15) is 9.18 Å². The van der Waals surface area contributed by atoms with Gasteiger partial charge in [0.2, 0.25) is 5.91 Å². The topological polar surface area (TPSA) is 41.1 Å². The minimum atomic E-state index is -0.467. The number of carbonyl (C=O) groups is 1. The van der Waals surface area contributed by atoms with Crippen molar-refractivity contribution in [3.8, 4) is 0 Å². The maximum atomic E-state index is 13.0. The fourth-order valence-corrected chi connectivity index (χ4v) is 2.57. The van der Waals surface area contributed by atoms with E-state index in [1.807, 2.05) is 25.1 Å². The molecule has 0 fully saturated rings. The van der Waals surface area contributed by atoms with Gasteiger partial charge in [-0.25, -0.2) is 4.39 Å². The first-order valence-electron chi connectivity index (χ1n) is 7.14. The van der Waals surface area contributed by atoms with Crippen molar-refractivity contribution in [3.63, 3.8) is 0 Å². The molecule has 0 bridgehead atoms. The van der Waals surface area contributed by atoms with Gasteiger partial charge in [0.1, 0.15) is 5.82 Å². The van der Waals surface area contributed by atoms with Gasteiger partial charge in [0.25, 0.3) is 0 Å². The van der Waals surface area contributed by atoms with Crippen LogP contribution in [0.2, 0.25) is 10.0 Å². The summed E-state index contributed by atoms with van der Waals surface area (Å²) in [5, 5.41) is 6.67. The monoisotopic (exact) mass is 354 g/mol. The van der Waals surface area contributed by atoms with Crippen molar-refractivity contribution in [2.45, 2.75) is 25.9 Å². The van der Waals surface area contributed by atoms with Gasteiger partial charge in [-0.05, 0) is 49.7 Å². The zero-order chi connectivity index (χ0) is 17.0. The standard InChI is InChI=1S/C17H17Cl2FN2O/c1-10(12-4-3-5-13(18)8-12)21-11(2)17(23)22-16-7-6-14(20)9-15(16)19/h3-11,21H,1-2H3,(H,22,23)/t10-,11+/m1/s1. The zero-order valence-corrected chi connectivity index (χ0v) is 14.3. The number of nitrogens with one attached hydrogen (secondary N) is 2. The molecule has 122 valence electrons. The Morgan fingerprint density at radius 2 is 1.87 bits per heavy atom. The predicted molar refractivity (Wildman–Crippen MR) is 92.5 cm³/mol. The second kappa shape index (κ2) is 7.77. The minimum absolute atomic E-state index is 0.0573. The predicted octanol–water partition coefficient (Wildman–Crippen LogP) is 4.81. The van der Waals surface area contributed by atoms with Crippen molar-refractivity contribution in [2.75, 3.05) is 5.32 Å². The largest absolute Gasteiger partial charge is 0.323 e. The van der Waals surface area contributed by atoms with Crippen LogP contribution in [0.1, 0.15) is 25.5 Å². The highest BCUT2D eigenvalue weighted by atomic mass is 35.5. The summed E-state index contributed by atoms with van der Waals surface area (Å²) in [7, 11) is 0. The third-order valence-corrected chi connectivity index (χ3v) is 3.98. The van der Waals surface area contributed by atoms with Crippen LogP contribution in [0.25, 0.3) is 0 Å². The maximum absolute atomic E-state index is 13.0. The number of benzene rings is 2. The van der Waals surface area contributed by atoms with E-state index in [4.69, 9.17) is 23.2 Å². The Labute approximate surface area is 144 Å². The molecule has 2 aromatic rings. The van der Waals surface area contributed by atoms with Crippen LogP contribution in [0, 0.1) is 5.82 Å². The van der Waals surface area contributed by atoms with Gasteiger partial charge < -0.3 is 5.32 Å². The second-order valence-electron chi connectivity index (χ2n) is 5.28. The van der Waals surface area contributed by atoms with E-state index in [0.29, 0.717) is 10.7 Å². The van der Waals surface area contributed by atoms with Gasteiger partial charge in [0.05, 0.1) is 16.8 Å². The first kappa shape index (κ1) is 17.7. The van der Waals surface area contributed by atoms with Gasteiger partial charge in [-0.2, -0.15) is 0 Å². The van der Waals surface area contributed by atoms with E-state index in [1.165, 1.54) is 12.1 Å². The molecule has 0 heterocycles. The van der Waals surface area contributed by atoms with E-state index in [-0.39, 0.29) is 17.0 Å². The quantitative estimate of drug-likeness (QED) is 0.808. The van der Waals surface area contributed by atoms with Gasteiger partial charge in [-0.3, -0.25) is 10.1 Å². The normalized spacial score (nSPS) is 13.4. The van der Waals surface area contributed by atoms with Crippen LogP contribution in [0.4, 0.5) is 10.1 Å². The minimum Gasteiger partial charge on any atom is -0.323 e. The van der Waals surface area contributed by atoms with Crippen molar-refractivity contribution in [1.82, 2.24) is 5.32 Å². The summed E-state index contributed by atoms with van der Waals surface area (Å²) in [5.41, 5.74) is 1.36. The Morgan fingerprint density at radius 3 is 2.52 bits per heavy atom. The van der Waals surface area contributed by atoms with Crippen LogP contribution < -0.4 is 10.6 Å². The molecule has 0 unspecified atom stereocenters. The molecule has 0 saturated carbocycles. The molecule has 0 aliphatic carbocycles. The molecule has 2 aromatic carbocycles. The Kier molecular flexibility index (Phi) is 5.99. The molecule has 0 saturated heterocycles. The van der Waals surface area contributed by atoms with E-state index in [2.05, 4.69) is 10.6 Å². The fourth-order valence-electron chi connectivity index (χ4n) is 2.15. The summed E-state index contributed by atoms with van der Waals surface area (Å²) in [5.74, 6) is -0.707. The summed E-state index contributed by atoms with van der Waals surface area (Å²) in [6.07, 6.45) is 0. The number of carbonyl (C=O) groups excluding carboxylic acids is 1. The Balaban J connectivity index is 1.99. The van der Waals surface area contributed by atoms with Crippen LogP contribution in [0.3, 0.4) is 0 Å². The van der Waals surface area contributed by atoms with E-state index < -0.39 is 11.9 Å². The summed E-state index contributed by atoms with van der Waals surface area (Å²) in [4.78, 5) is 12.2.